The molecule has 0 saturated carbocycles. The molecule has 0 spiro atoms. The molecule has 1 N–H and O–H groups in total. The molecule has 0 aromatic carbocycles. The lowest BCUT2D eigenvalue weighted by molar-refractivity contribution is 0.155. The van der Waals surface area contributed by atoms with Crippen molar-refractivity contribution < 1.29 is 9.53 Å². The maximum atomic E-state index is 11.0. The third-order valence-corrected chi connectivity index (χ3v) is 1.75. The fourth-order valence-electron chi connectivity index (χ4n) is 0.755. The number of nitrogens with one attached hydrogen (secondary N) is 1. The van der Waals surface area contributed by atoms with Crippen LogP contribution in [-0.4, -0.2) is 12.7 Å². The molecule has 0 saturated heterocycles. The summed E-state index contributed by atoms with van der Waals surface area (Å²) in [6, 6.07) is 0. The summed E-state index contributed by atoms with van der Waals surface area (Å²) in [5, 5.41) is 2.62. The molecule has 0 heterocycles. The van der Waals surface area contributed by atoms with Crippen LogP contribution in [0.2, 0.25) is 0 Å². The third-order valence-electron chi connectivity index (χ3n) is 1.75. The summed E-state index contributed by atoms with van der Waals surface area (Å²) in [6.07, 6.45) is 4.48. The highest BCUT2D eigenvalue weighted by Crippen LogP contribution is 1.99. The first-order valence-electron chi connectivity index (χ1n) is 4.88. The van der Waals surface area contributed by atoms with Gasteiger partial charge in [0.15, 0.2) is 0 Å². The van der Waals surface area contributed by atoms with Crippen molar-refractivity contribution in [3.05, 3.63) is 23.4 Å². The van der Waals surface area contributed by atoms with Crippen molar-refractivity contribution in [2.24, 2.45) is 0 Å². The zero-order chi connectivity index (χ0) is 11.0. The van der Waals surface area contributed by atoms with Crippen molar-refractivity contribution in [1.29, 1.82) is 0 Å². The summed E-state index contributed by atoms with van der Waals surface area (Å²) in [5.74, 6) is 0. The van der Waals surface area contributed by atoms with E-state index in [0.717, 1.165) is 12.1 Å². The van der Waals surface area contributed by atoms with Gasteiger partial charge in [-0.2, -0.15) is 0 Å². The van der Waals surface area contributed by atoms with Gasteiger partial charge in [0.2, 0.25) is 0 Å². The van der Waals surface area contributed by atoms with E-state index in [0.29, 0.717) is 6.61 Å². The van der Waals surface area contributed by atoms with E-state index in [2.05, 4.69) is 12.2 Å². The SMILES string of the molecule is CCOC(=O)N/C(C)=C/C=C(/C)CC. The first-order valence-corrected chi connectivity index (χ1v) is 4.88. The summed E-state index contributed by atoms with van der Waals surface area (Å²) in [4.78, 5) is 11.0. The molecule has 0 aliphatic carbocycles. The number of alkyl carbamates (subject to hydrolysis) is 1. The molecule has 0 aliphatic rings. The van der Waals surface area contributed by atoms with Gasteiger partial charge in [-0.25, -0.2) is 4.79 Å². The number of allylic oxidation sites excluding steroid dienone is 4. The summed E-state index contributed by atoms with van der Waals surface area (Å²) in [7, 11) is 0. The monoisotopic (exact) mass is 197 g/mol. The van der Waals surface area contributed by atoms with E-state index in [4.69, 9.17) is 4.74 Å². The van der Waals surface area contributed by atoms with Crippen molar-refractivity contribution in [1.82, 2.24) is 5.32 Å². The molecule has 1 amide bonds. The highest BCUT2D eigenvalue weighted by atomic mass is 16.5. The Morgan fingerprint density at radius 3 is 2.43 bits per heavy atom. The standard InChI is InChI=1S/C11H19NO2/c1-5-9(3)7-8-10(4)12-11(13)14-6-2/h7-8H,5-6H2,1-4H3,(H,12,13)/b9-7-,10-8+. The van der Waals surface area contributed by atoms with Crippen LogP contribution in [0.3, 0.4) is 0 Å². The molecule has 0 fully saturated rings. The average Bonchev–Trinajstić information content (AvgIpc) is 2.14. The largest absolute Gasteiger partial charge is 0.450 e. The number of carbonyl (C=O) groups excluding carboxylic acids is 1. The quantitative estimate of drug-likeness (QED) is 0.703. The first kappa shape index (κ1) is 12.8. The second kappa shape index (κ2) is 7.18. The summed E-state index contributed by atoms with van der Waals surface area (Å²) in [6.45, 7) is 8.14. The number of rotatable bonds is 4. The maximum Gasteiger partial charge on any atom is 0.411 e. The van der Waals surface area contributed by atoms with Crippen LogP contribution in [-0.2, 0) is 4.74 Å². The van der Waals surface area contributed by atoms with Gasteiger partial charge in [0.1, 0.15) is 0 Å². The third kappa shape index (κ3) is 6.29. The number of carbonyl (C=O) groups is 1. The van der Waals surface area contributed by atoms with Crippen LogP contribution < -0.4 is 5.32 Å². The van der Waals surface area contributed by atoms with E-state index in [1.807, 2.05) is 26.0 Å². The predicted octanol–water partition coefficient (Wildman–Crippen LogP) is 2.99. The molecule has 3 nitrogen and oxygen atoms in total. The van der Waals surface area contributed by atoms with Gasteiger partial charge in [-0.3, -0.25) is 5.32 Å². The van der Waals surface area contributed by atoms with Crippen LogP contribution in [0.1, 0.15) is 34.1 Å². The number of ether oxygens (including phenoxy) is 1. The minimum atomic E-state index is -0.399. The Labute approximate surface area is 85.8 Å². The molecule has 14 heavy (non-hydrogen) atoms. The van der Waals surface area contributed by atoms with Gasteiger partial charge in [-0.15, -0.1) is 0 Å². The molecule has 0 rings (SSSR count). The number of hydrogen-bond donors (Lipinski definition) is 1. The number of amides is 1. The van der Waals surface area contributed by atoms with Crippen LogP contribution in [0.5, 0.6) is 0 Å². The Hall–Kier alpha value is -1.25. The summed E-state index contributed by atoms with van der Waals surface area (Å²) in [5.41, 5.74) is 2.06. The summed E-state index contributed by atoms with van der Waals surface area (Å²) >= 11 is 0. The van der Waals surface area contributed by atoms with Gasteiger partial charge in [0.25, 0.3) is 0 Å². The lowest BCUT2D eigenvalue weighted by atomic mass is 10.2. The molecule has 0 aliphatic heterocycles. The lowest BCUT2D eigenvalue weighted by Crippen LogP contribution is -2.22. The molecule has 0 bridgehead atoms. The molecule has 0 aromatic heterocycles. The minimum absolute atomic E-state index is 0.392. The van der Waals surface area contributed by atoms with Crippen LogP contribution in [0.15, 0.2) is 23.4 Å². The fourth-order valence-corrected chi connectivity index (χ4v) is 0.755. The molecule has 80 valence electrons. The Balaban J connectivity index is 4.07. The highest BCUT2D eigenvalue weighted by Gasteiger charge is 1.98. The molecule has 0 aromatic rings. The van der Waals surface area contributed by atoms with Gasteiger partial charge < -0.3 is 4.74 Å². The molecular weight excluding hydrogens is 178 g/mol. The van der Waals surface area contributed by atoms with Gasteiger partial charge in [-0.05, 0) is 33.3 Å². The van der Waals surface area contributed by atoms with Gasteiger partial charge in [0.05, 0.1) is 6.61 Å². The first-order chi connectivity index (χ1) is 6.60. The van der Waals surface area contributed by atoms with Gasteiger partial charge >= 0.3 is 6.09 Å². The Morgan fingerprint density at radius 1 is 1.29 bits per heavy atom. The predicted molar refractivity (Wildman–Crippen MR) is 58.0 cm³/mol. The smallest absolute Gasteiger partial charge is 0.411 e. The minimum Gasteiger partial charge on any atom is -0.450 e. The van der Waals surface area contributed by atoms with Crippen LogP contribution >= 0.6 is 0 Å². The zero-order valence-electron chi connectivity index (χ0n) is 9.39. The van der Waals surface area contributed by atoms with E-state index in [9.17, 15) is 4.79 Å². The van der Waals surface area contributed by atoms with E-state index < -0.39 is 6.09 Å². The fraction of sp³-hybridized carbons (Fsp3) is 0.545. The van der Waals surface area contributed by atoms with Crippen LogP contribution in [0.25, 0.3) is 0 Å². The Morgan fingerprint density at radius 2 is 1.93 bits per heavy atom. The van der Waals surface area contributed by atoms with E-state index >= 15 is 0 Å². The highest BCUT2D eigenvalue weighted by molar-refractivity contribution is 5.69. The number of hydrogen-bond acceptors (Lipinski definition) is 2. The van der Waals surface area contributed by atoms with Crippen molar-refractivity contribution in [2.75, 3.05) is 6.61 Å². The Kier molecular flexibility index (Phi) is 6.54. The second-order valence-electron chi connectivity index (χ2n) is 3.06. The van der Waals surface area contributed by atoms with Crippen LogP contribution in [0, 0.1) is 0 Å². The maximum absolute atomic E-state index is 11.0. The van der Waals surface area contributed by atoms with Crippen molar-refractivity contribution in [3.8, 4) is 0 Å². The Bertz CT molecular complexity index is 242. The zero-order valence-corrected chi connectivity index (χ0v) is 9.39. The molecular formula is C11H19NO2. The van der Waals surface area contributed by atoms with E-state index in [-0.39, 0.29) is 0 Å². The van der Waals surface area contributed by atoms with Crippen molar-refractivity contribution in [2.45, 2.75) is 34.1 Å². The normalized spacial score (nSPS) is 12.6. The van der Waals surface area contributed by atoms with Crippen molar-refractivity contribution >= 4 is 6.09 Å². The van der Waals surface area contributed by atoms with Crippen LogP contribution in [0.4, 0.5) is 4.79 Å². The lowest BCUT2D eigenvalue weighted by Gasteiger charge is -2.03. The molecule has 0 radical (unpaired) electrons. The van der Waals surface area contributed by atoms with Gasteiger partial charge in [-0.1, -0.05) is 18.6 Å². The molecule has 0 atom stereocenters. The van der Waals surface area contributed by atoms with E-state index in [1.54, 1.807) is 6.92 Å². The molecule has 3 heteroatoms. The second-order valence-corrected chi connectivity index (χ2v) is 3.06. The molecule has 0 unspecified atom stereocenters. The summed E-state index contributed by atoms with van der Waals surface area (Å²) < 4.78 is 4.73. The van der Waals surface area contributed by atoms with E-state index in [1.165, 1.54) is 5.57 Å². The van der Waals surface area contributed by atoms with Crippen molar-refractivity contribution in [3.63, 3.8) is 0 Å². The topological polar surface area (TPSA) is 38.3 Å². The van der Waals surface area contributed by atoms with Gasteiger partial charge in [0, 0.05) is 5.70 Å². The average molecular weight is 197 g/mol.